The Morgan fingerprint density at radius 2 is 1.72 bits per heavy atom. The lowest BCUT2D eigenvalue weighted by atomic mass is 9.88. The SMILES string of the molecule is O=C(Nc1cncc(-c2cc3c(-c4nc5c(-c6ccncc6)nccc5[nH]4)n[nH]c3cn2)c1)C1CCCCC1. The van der Waals surface area contributed by atoms with E-state index >= 15 is 0 Å². The molecule has 1 aliphatic carbocycles. The Balaban J connectivity index is 1.23. The van der Waals surface area contributed by atoms with Crippen molar-refractivity contribution in [2.24, 2.45) is 5.92 Å². The molecule has 1 fully saturated rings. The lowest BCUT2D eigenvalue weighted by Crippen LogP contribution is -2.24. The van der Waals surface area contributed by atoms with E-state index in [-0.39, 0.29) is 11.8 Å². The second-order valence-electron chi connectivity index (χ2n) is 9.85. The molecule has 1 saturated carbocycles. The van der Waals surface area contributed by atoms with Crippen molar-refractivity contribution in [3.05, 3.63) is 67.5 Å². The van der Waals surface area contributed by atoms with Gasteiger partial charge in [0.25, 0.3) is 0 Å². The van der Waals surface area contributed by atoms with Gasteiger partial charge in [-0.15, -0.1) is 0 Å². The second-order valence-corrected chi connectivity index (χ2v) is 9.85. The first-order valence-corrected chi connectivity index (χ1v) is 13.1. The first kappa shape index (κ1) is 23.2. The van der Waals surface area contributed by atoms with Crippen LogP contribution >= 0.6 is 0 Å². The van der Waals surface area contributed by atoms with Crippen LogP contribution in [-0.4, -0.2) is 46.0 Å². The van der Waals surface area contributed by atoms with E-state index in [1.165, 1.54) is 6.42 Å². The molecular formula is C29H25N9O. The van der Waals surface area contributed by atoms with Crippen molar-refractivity contribution in [2.45, 2.75) is 32.1 Å². The van der Waals surface area contributed by atoms with Gasteiger partial charge in [0.1, 0.15) is 11.2 Å². The fraction of sp³-hybridized carbons (Fsp3) is 0.207. The zero-order valence-electron chi connectivity index (χ0n) is 21.1. The Bertz CT molecular complexity index is 1800. The molecule has 0 aromatic carbocycles. The molecule has 39 heavy (non-hydrogen) atoms. The third-order valence-corrected chi connectivity index (χ3v) is 7.30. The zero-order valence-corrected chi connectivity index (χ0v) is 21.1. The van der Waals surface area contributed by atoms with E-state index in [0.717, 1.165) is 70.1 Å². The number of pyridine rings is 4. The average molecular weight is 516 g/mol. The van der Waals surface area contributed by atoms with E-state index in [1.54, 1.807) is 37.2 Å². The topological polar surface area (TPSA) is 138 Å². The van der Waals surface area contributed by atoms with Crippen LogP contribution in [0.4, 0.5) is 5.69 Å². The van der Waals surface area contributed by atoms with Crippen LogP contribution < -0.4 is 5.32 Å². The first-order valence-electron chi connectivity index (χ1n) is 13.1. The van der Waals surface area contributed by atoms with Gasteiger partial charge in [0, 0.05) is 47.2 Å². The zero-order chi connectivity index (χ0) is 26.2. The molecule has 0 radical (unpaired) electrons. The van der Waals surface area contributed by atoms with Crippen LogP contribution in [0.15, 0.2) is 67.5 Å². The number of carbonyl (C=O) groups is 1. The Labute approximate surface area is 223 Å². The lowest BCUT2D eigenvalue weighted by molar-refractivity contribution is -0.120. The summed E-state index contributed by atoms with van der Waals surface area (Å²) in [6, 6.07) is 9.61. The van der Waals surface area contributed by atoms with Crippen LogP contribution in [-0.2, 0) is 4.79 Å². The largest absolute Gasteiger partial charge is 0.336 e. The summed E-state index contributed by atoms with van der Waals surface area (Å²) in [5, 5.41) is 11.5. The summed E-state index contributed by atoms with van der Waals surface area (Å²) in [4.78, 5) is 38.7. The number of anilines is 1. The van der Waals surface area contributed by atoms with Crippen molar-refractivity contribution in [3.63, 3.8) is 0 Å². The maximum Gasteiger partial charge on any atom is 0.227 e. The van der Waals surface area contributed by atoms with Gasteiger partial charge in [0.15, 0.2) is 5.82 Å². The minimum atomic E-state index is 0.0692. The molecule has 0 saturated heterocycles. The number of aromatic amines is 2. The number of imidazole rings is 1. The van der Waals surface area contributed by atoms with Crippen LogP contribution in [0.25, 0.3) is 56.0 Å². The highest BCUT2D eigenvalue weighted by molar-refractivity contribution is 5.97. The lowest BCUT2D eigenvalue weighted by Gasteiger charge is -2.20. The quantitative estimate of drug-likeness (QED) is 0.274. The normalized spacial score (nSPS) is 14.2. The third-order valence-electron chi connectivity index (χ3n) is 7.30. The minimum absolute atomic E-state index is 0.0692. The van der Waals surface area contributed by atoms with Gasteiger partial charge >= 0.3 is 0 Å². The van der Waals surface area contributed by atoms with Crippen molar-refractivity contribution in [1.29, 1.82) is 0 Å². The predicted molar refractivity (Wildman–Crippen MR) is 148 cm³/mol. The highest BCUT2D eigenvalue weighted by Gasteiger charge is 2.21. The molecule has 0 atom stereocenters. The summed E-state index contributed by atoms with van der Waals surface area (Å²) in [6.07, 6.45) is 15.7. The molecule has 7 rings (SSSR count). The number of nitrogens with zero attached hydrogens (tertiary/aromatic N) is 6. The molecule has 0 aliphatic heterocycles. The van der Waals surface area contributed by atoms with E-state index in [0.29, 0.717) is 17.2 Å². The first-order chi connectivity index (χ1) is 19.2. The number of hydrogen-bond donors (Lipinski definition) is 3. The monoisotopic (exact) mass is 515 g/mol. The molecule has 1 amide bonds. The van der Waals surface area contributed by atoms with Gasteiger partial charge in [0.2, 0.25) is 5.91 Å². The van der Waals surface area contributed by atoms with Gasteiger partial charge < -0.3 is 10.3 Å². The fourth-order valence-corrected chi connectivity index (χ4v) is 5.28. The van der Waals surface area contributed by atoms with Gasteiger partial charge in [-0.2, -0.15) is 5.10 Å². The molecule has 10 nitrogen and oxygen atoms in total. The smallest absolute Gasteiger partial charge is 0.227 e. The van der Waals surface area contributed by atoms with Crippen molar-refractivity contribution < 1.29 is 4.79 Å². The fourth-order valence-electron chi connectivity index (χ4n) is 5.28. The second kappa shape index (κ2) is 9.71. The molecule has 6 heterocycles. The average Bonchev–Trinajstić information content (AvgIpc) is 3.62. The summed E-state index contributed by atoms with van der Waals surface area (Å²) in [5.41, 5.74) is 7.01. The van der Waals surface area contributed by atoms with Crippen LogP contribution in [0.2, 0.25) is 0 Å². The number of rotatable bonds is 5. The van der Waals surface area contributed by atoms with E-state index in [9.17, 15) is 4.79 Å². The van der Waals surface area contributed by atoms with Gasteiger partial charge in [-0.05, 0) is 43.2 Å². The number of carbonyl (C=O) groups excluding carboxylic acids is 1. The van der Waals surface area contributed by atoms with Crippen molar-refractivity contribution in [1.82, 2.24) is 40.1 Å². The molecule has 6 aromatic rings. The van der Waals surface area contributed by atoms with Gasteiger partial charge in [-0.3, -0.25) is 29.8 Å². The number of hydrogen-bond acceptors (Lipinski definition) is 7. The number of fused-ring (bicyclic) bond motifs is 2. The summed E-state index contributed by atoms with van der Waals surface area (Å²) < 4.78 is 0. The van der Waals surface area contributed by atoms with E-state index in [2.05, 4.69) is 40.4 Å². The van der Waals surface area contributed by atoms with Crippen molar-refractivity contribution in [3.8, 4) is 34.0 Å². The summed E-state index contributed by atoms with van der Waals surface area (Å²) in [6.45, 7) is 0. The Morgan fingerprint density at radius 1 is 0.846 bits per heavy atom. The number of aromatic nitrogens is 8. The molecule has 192 valence electrons. The van der Waals surface area contributed by atoms with Crippen molar-refractivity contribution >= 4 is 33.5 Å². The van der Waals surface area contributed by atoms with Crippen LogP contribution in [0, 0.1) is 5.92 Å². The molecule has 1 aliphatic rings. The minimum Gasteiger partial charge on any atom is -0.336 e. The van der Waals surface area contributed by atoms with E-state index in [4.69, 9.17) is 4.98 Å². The maximum absolute atomic E-state index is 12.8. The van der Waals surface area contributed by atoms with Gasteiger partial charge in [-0.1, -0.05) is 19.3 Å². The van der Waals surface area contributed by atoms with Gasteiger partial charge in [-0.25, -0.2) is 4.98 Å². The number of nitrogens with one attached hydrogen (secondary N) is 3. The van der Waals surface area contributed by atoms with Crippen LogP contribution in [0.1, 0.15) is 32.1 Å². The molecular weight excluding hydrogens is 490 g/mol. The molecule has 0 spiro atoms. The summed E-state index contributed by atoms with van der Waals surface area (Å²) in [5.74, 6) is 0.770. The Morgan fingerprint density at radius 3 is 2.59 bits per heavy atom. The molecule has 0 unspecified atom stereocenters. The highest BCUT2D eigenvalue weighted by Crippen LogP contribution is 2.32. The molecule has 10 heteroatoms. The predicted octanol–water partition coefficient (Wildman–Crippen LogP) is 5.54. The van der Waals surface area contributed by atoms with E-state index < -0.39 is 0 Å². The van der Waals surface area contributed by atoms with Crippen LogP contribution in [0.3, 0.4) is 0 Å². The Kier molecular flexibility index (Phi) is 5.77. The number of H-pyrrole nitrogens is 2. The van der Waals surface area contributed by atoms with E-state index in [1.807, 2.05) is 30.3 Å². The molecule has 0 bridgehead atoms. The summed E-state index contributed by atoms with van der Waals surface area (Å²) >= 11 is 0. The highest BCUT2D eigenvalue weighted by atomic mass is 16.1. The molecule has 3 N–H and O–H groups in total. The molecule has 6 aromatic heterocycles. The van der Waals surface area contributed by atoms with Gasteiger partial charge in [0.05, 0.1) is 40.5 Å². The number of amides is 1. The summed E-state index contributed by atoms with van der Waals surface area (Å²) in [7, 11) is 0. The Hall–Kier alpha value is -4.99. The maximum atomic E-state index is 12.8. The van der Waals surface area contributed by atoms with Crippen LogP contribution in [0.5, 0.6) is 0 Å². The standard InChI is InChI=1S/C29H25N9O/c39-29(18-4-2-1-3-5-18)34-20-12-19(14-31-15-20)23-13-21-24(16-33-23)37-38-26(21)28-35-22-8-11-32-25(27(22)36-28)17-6-9-30-10-7-17/h6-16,18H,1-5H2,(H,34,39)(H,35,36)(H,37,38). The van der Waals surface area contributed by atoms with Crippen molar-refractivity contribution in [2.75, 3.05) is 5.32 Å². The third kappa shape index (κ3) is 4.39.